The van der Waals surface area contributed by atoms with Crippen molar-refractivity contribution in [1.82, 2.24) is 0 Å². The van der Waals surface area contributed by atoms with E-state index in [4.69, 9.17) is 0 Å². The average molecular weight is 282 g/mol. The molecule has 0 aliphatic rings. The zero-order chi connectivity index (χ0) is 15.2. The Labute approximate surface area is 126 Å². The van der Waals surface area contributed by atoms with Gasteiger partial charge in [-0.15, -0.1) is 0 Å². The van der Waals surface area contributed by atoms with Gasteiger partial charge < -0.3 is 10.2 Å². The summed E-state index contributed by atoms with van der Waals surface area (Å²) in [4.78, 5) is 14.3. The molecule has 0 saturated heterocycles. The number of hydrogen-bond donors (Lipinski definition) is 1. The molecule has 0 heterocycles. The van der Waals surface area contributed by atoms with Crippen molar-refractivity contribution < 1.29 is 4.79 Å². The van der Waals surface area contributed by atoms with E-state index in [1.165, 1.54) is 5.56 Å². The van der Waals surface area contributed by atoms with Gasteiger partial charge >= 0.3 is 0 Å². The smallest absolute Gasteiger partial charge is 0.243 e. The molecule has 0 unspecified atom stereocenters. The number of nitrogens with zero attached hydrogens (tertiary/aromatic N) is 1. The highest BCUT2D eigenvalue weighted by Gasteiger charge is 2.11. The van der Waals surface area contributed by atoms with Crippen LogP contribution in [-0.2, 0) is 4.79 Å². The molecule has 3 heteroatoms. The third-order valence-corrected chi connectivity index (χ3v) is 3.72. The quantitative estimate of drug-likeness (QED) is 0.905. The molecule has 0 fully saturated rings. The molecule has 0 atom stereocenters. The second kappa shape index (κ2) is 6.93. The van der Waals surface area contributed by atoms with Crippen molar-refractivity contribution in [2.45, 2.75) is 20.8 Å². The lowest BCUT2D eigenvalue weighted by molar-refractivity contribution is -0.115. The molecule has 2 rings (SSSR count). The van der Waals surface area contributed by atoms with Crippen molar-refractivity contribution >= 4 is 17.3 Å². The van der Waals surface area contributed by atoms with Crippen LogP contribution in [0.5, 0.6) is 0 Å². The molecule has 0 spiro atoms. The maximum absolute atomic E-state index is 12.3. The summed E-state index contributed by atoms with van der Waals surface area (Å²) in [6, 6.07) is 16.0. The van der Waals surface area contributed by atoms with Gasteiger partial charge in [0.15, 0.2) is 0 Å². The summed E-state index contributed by atoms with van der Waals surface area (Å²) in [5.41, 5.74) is 4.26. The van der Waals surface area contributed by atoms with E-state index in [-0.39, 0.29) is 5.91 Å². The van der Waals surface area contributed by atoms with Crippen LogP contribution in [0.15, 0.2) is 48.5 Å². The lowest BCUT2D eigenvalue weighted by Crippen LogP contribution is -2.33. The molecular weight excluding hydrogens is 260 g/mol. The Hall–Kier alpha value is -2.29. The Morgan fingerprint density at radius 3 is 2.43 bits per heavy atom. The first-order chi connectivity index (χ1) is 10.1. The highest BCUT2D eigenvalue weighted by Crippen LogP contribution is 2.18. The van der Waals surface area contributed by atoms with Crippen LogP contribution >= 0.6 is 0 Å². The van der Waals surface area contributed by atoms with Gasteiger partial charge in [-0.3, -0.25) is 4.79 Å². The number of aryl methyl sites for hydroxylation is 1. The topological polar surface area (TPSA) is 32.3 Å². The number of amides is 1. The lowest BCUT2D eigenvalue weighted by atomic mass is 10.1. The SMILES string of the molecule is CCN(CC(=O)Nc1cccc(C)c1C)c1ccccc1. The molecule has 1 N–H and O–H groups in total. The fourth-order valence-electron chi connectivity index (χ4n) is 2.27. The second-order valence-corrected chi connectivity index (χ2v) is 5.15. The van der Waals surface area contributed by atoms with Crippen LogP contribution in [0.1, 0.15) is 18.1 Å². The standard InChI is InChI=1S/C18H22N2O/c1-4-20(16-10-6-5-7-11-16)13-18(21)19-17-12-8-9-14(2)15(17)3/h5-12H,4,13H2,1-3H3,(H,19,21). The Kier molecular flexibility index (Phi) is 4.99. The summed E-state index contributed by atoms with van der Waals surface area (Å²) in [5, 5.41) is 3.00. The summed E-state index contributed by atoms with van der Waals surface area (Å²) in [5.74, 6) is 0.00871. The number of carbonyl (C=O) groups excluding carboxylic acids is 1. The summed E-state index contributed by atoms with van der Waals surface area (Å²) in [6.07, 6.45) is 0. The number of para-hydroxylation sites is 1. The normalized spacial score (nSPS) is 10.2. The number of hydrogen-bond acceptors (Lipinski definition) is 2. The van der Waals surface area contributed by atoms with Crippen molar-refractivity contribution in [3.05, 3.63) is 59.7 Å². The van der Waals surface area contributed by atoms with Gasteiger partial charge in [0.25, 0.3) is 0 Å². The van der Waals surface area contributed by atoms with E-state index in [0.717, 1.165) is 23.5 Å². The van der Waals surface area contributed by atoms with Gasteiger partial charge in [0.2, 0.25) is 5.91 Å². The van der Waals surface area contributed by atoms with E-state index in [9.17, 15) is 4.79 Å². The maximum Gasteiger partial charge on any atom is 0.243 e. The first-order valence-electron chi connectivity index (χ1n) is 7.28. The molecule has 0 bridgehead atoms. The first-order valence-corrected chi connectivity index (χ1v) is 7.28. The van der Waals surface area contributed by atoms with Crippen molar-refractivity contribution in [2.75, 3.05) is 23.3 Å². The zero-order valence-corrected chi connectivity index (χ0v) is 12.9. The van der Waals surface area contributed by atoms with Crippen LogP contribution in [0.2, 0.25) is 0 Å². The van der Waals surface area contributed by atoms with E-state index < -0.39 is 0 Å². The van der Waals surface area contributed by atoms with E-state index >= 15 is 0 Å². The van der Waals surface area contributed by atoms with Crippen LogP contribution in [0.3, 0.4) is 0 Å². The number of anilines is 2. The third kappa shape index (κ3) is 3.85. The number of nitrogens with one attached hydrogen (secondary N) is 1. The fraction of sp³-hybridized carbons (Fsp3) is 0.278. The van der Waals surface area contributed by atoms with Crippen molar-refractivity contribution in [1.29, 1.82) is 0 Å². The molecule has 0 aromatic heterocycles. The van der Waals surface area contributed by atoms with E-state index in [0.29, 0.717) is 6.54 Å². The van der Waals surface area contributed by atoms with Crippen LogP contribution in [0.4, 0.5) is 11.4 Å². The van der Waals surface area contributed by atoms with Crippen molar-refractivity contribution in [3.8, 4) is 0 Å². The second-order valence-electron chi connectivity index (χ2n) is 5.15. The lowest BCUT2D eigenvalue weighted by Gasteiger charge is -2.22. The minimum atomic E-state index is 0.00871. The van der Waals surface area contributed by atoms with E-state index in [2.05, 4.69) is 17.1 Å². The van der Waals surface area contributed by atoms with Crippen LogP contribution < -0.4 is 10.2 Å². The summed E-state index contributed by atoms with van der Waals surface area (Å²) >= 11 is 0. The molecule has 2 aromatic rings. The molecule has 0 aliphatic carbocycles. The Morgan fingerprint density at radius 2 is 1.76 bits per heavy atom. The largest absolute Gasteiger partial charge is 0.362 e. The van der Waals surface area contributed by atoms with Crippen molar-refractivity contribution in [2.24, 2.45) is 0 Å². The summed E-state index contributed by atoms with van der Waals surface area (Å²) in [6.45, 7) is 7.28. The van der Waals surface area contributed by atoms with Gasteiger partial charge in [0.1, 0.15) is 0 Å². The first kappa shape index (κ1) is 15.1. The molecule has 21 heavy (non-hydrogen) atoms. The number of rotatable bonds is 5. The molecule has 0 aliphatic heterocycles. The molecule has 0 saturated carbocycles. The Bertz CT molecular complexity index is 608. The maximum atomic E-state index is 12.3. The Balaban J connectivity index is 2.05. The van der Waals surface area contributed by atoms with Gasteiger partial charge in [-0.05, 0) is 50.1 Å². The van der Waals surface area contributed by atoms with Gasteiger partial charge in [-0.2, -0.15) is 0 Å². The molecule has 1 amide bonds. The average Bonchev–Trinajstić information content (AvgIpc) is 2.50. The van der Waals surface area contributed by atoms with Crippen LogP contribution in [-0.4, -0.2) is 19.0 Å². The highest BCUT2D eigenvalue weighted by atomic mass is 16.2. The van der Waals surface area contributed by atoms with E-state index in [1.54, 1.807) is 0 Å². The molecule has 2 aromatic carbocycles. The molecule has 3 nitrogen and oxygen atoms in total. The zero-order valence-electron chi connectivity index (χ0n) is 12.9. The molecule has 110 valence electrons. The fourth-order valence-corrected chi connectivity index (χ4v) is 2.27. The Morgan fingerprint density at radius 1 is 1.05 bits per heavy atom. The van der Waals surface area contributed by atoms with Crippen LogP contribution in [0.25, 0.3) is 0 Å². The van der Waals surface area contributed by atoms with Gasteiger partial charge in [0, 0.05) is 17.9 Å². The minimum Gasteiger partial charge on any atom is -0.362 e. The minimum absolute atomic E-state index is 0.00871. The predicted octanol–water partition coefficient (Wildman–Crippen LogP) is 3.77. The summed E-state index contributed by atoms with van der Waals surface area (Å²) in [7, 11) is 0. The molecule has 0 radical (unpaired) electrons. The van der Waals surface area contributed by atoms with Crippen LogP contribution in [0, 0.1) is 13.8 Å². The van der Waals surface area contributed by atoms with Crippen molar-refractivity contribution in [3.63, 3.8) is 0 Å². The van der Waals surface area contributed by atoms with Gasteiger partial charge in [-0.25, -0.2) is 0 Å². The predicted molar refractivity (Wildman–Crippen MR) is 88.9 cm³/mol. The number of carbonyl (C=O) groups is 1. The van der Waals surface area contributed by atoms with Gasteiger partial charge in [0.05, 0.1) is 6.54 Å². The van der Waals surface area contributed by atoms with E-state index in [1.807, 2.05) is 62.4 Å². The highest BCUT2D eigenvalue weighted by molar-refractivity contribution is 5.94. The summed E-state index contributed by atoms with van der Waals surface area (Å²) < 4.78 is 0. The number of benzene rings is 2. The van der Waals surface area contributed by atoms with Gasteiger partial charge in [-0.1, -0.05) is 30.3 Å². The third-order valence-electron chi connectivity index (χ3n) is 3.72. The number of likely N-dealkylation sites (N-methyl/N-ethyl adjacent to an activating group) is 1. The molecular formula is C18H22N2O. The monoisotopic (exact) mass is 282 g/mol.